The van der Waals surface area contributed by atoms with Crippen LogP contribution in [0.15, 0.2) is 91.0 Å². The second-order valence-corrected chi connectivity index (χ2v) is 7.42. The summed E-state index contributed by atoms with van der Waals surface area (Å²) in [5.41, 5.74) is 1.40. The molecule has 0 unspecified atom stereocenters. The molecular formula is C21H16NO2P. The predicted molar refractivity (Wildman–Crippen MR) is 103 cm³/mol. The summed E-state index contributed by atoms with van der Waals surface area (Å²) in [7, 11) is -1.21. The number of carbonyl (C=O) groups excluding carboxylic acids is 1. The van der Waals surface area contributed by atoms with Crippen molar-refractivity contribution in [1.29, 1.82) is 0 Å². The molecule has 4 aromatic rings. The van der Waals surface area contributed by atoms with E-state index in [2.05, 4.69) is 4.98 Å². The second kappa shape index (κ2) is 6.92. The van der Waals surface area contributed by atoms with Gasteiger partial charge in [-0.3, -0.25) is 0 Å². The lowest BCUT2D eigenvalue weighted by molar-refractivity contribution is 0.0754. The topological polar surface area (TPSA) is 42.1 Å². The summed E-state index contributed by atoms with van der Waals surface area (Å²) in [4.78, 5) is 15.9. The van der Waals surface area contributed by atoms with E-state index in [1.165, 1.54) is 0 Å². The van der Waals surface area contributed by atoms with E-state index in [0.29, 0.717) is 5.69 Å². The lowest BCUT2D eigenvalue weighted by Crippen LogP contribution is -2.16. The third-order valence-corrected chi connectivity index (χ3v) is 5.79. The molecule has 0 spiro atoms. The molecule has 25 heavy (non-hydrogen) atoms. The van der Waals surface area contributed by atoms with Crippen molar-refractivity contribution in [1.82, 2.24) is 4.98 Å². The Hall–Kier alpha value is -2.90. The van der Waals surface area contributed by atoms with E-state index < -0.39 is 8.15 Å². The van der Waals surface area contributed by atoms with E-state index in [1.54, 1.807) is 0 Å². The Bertz CT molecular complexity index is 924. The standard InChI is InChI=1S/C21H16NO2P/c23-21(20-15-16-9-7-8-14-19(16)22-20)24-25(17-10-3-1-4-11-17)18-12-5-2-6-13-18/h1-15,22H. The van der Waals surface area contributed by atoms with E-state index in [0.717, 1.165) is 21.5 Å². The van der Waals surface area contributed by atoms with Crippen LogP contribution in [0.1, 0.15) is 10.5 Å². The summed E-state index contributed by atoms with van der Waals surface area (Å²) in [6.45, 7) is 0. The van der Waals surface area contributed by atoms with Crippen LogP contribution in [-0.4, -0.2) is 11.0 Å². The molecule has 1 heterocycles. The number of fused-ring (bicyclic) bond motifs is 1. The summed E-state index contributed by atoms with van der Waals surface area (Å²) < 4.78 is 5.93. The van der Waals surface area contributed by atoms with Crippen molar-refractivity contribution in [2.45, 2.75) is 0 Å². The van der Waals surface area contributed by atoms with Crippen LogP contribution in [0, 0.1) is 0 Å². The number of hydrogen-bond acceptors (Lipinski definition) is 2. The summed E-state index contributed by atoms with van der Waals surface area (Å²) in [6.07, 6.45) is 0. The molecule has 0 fully saturated rings. The zero-order valence-electron chi connectivity index (χ0n) is 13.4. The largest absolute Gasteiger partial charge is 0.430 e. The smallest absolute Gasteiger partial charge is 0.358 e. The maximum absolute atomic E-state index is 12.7. The van der Waals surface area contributed by atoms with Gasteiger partial charge in [-0.2, -0.15) is 0 Å². The SMILES string of the molecule is O=C(OP(c1ccccc1)c1ccccc1)c1cc2ccccc2[nH]1. The molecule has 0 aliphatic carbocycles. The first-order chi connectivity index (χ1) is 12.3. The van der Waals surface area contributed by atoms with Gasteiger partial charge in [-0.15, -0.1) is 0 Å². The van der Waals surface area contributed by atoms with E-state index >= 15 is 0 Å². The Morgan fingerprint density at radius 2 is 1.32 bits per heavy atom. The van der Waals surface area contributed by atoms with Gasteiger partial charge in [0.25, 0.3) is 0 Å². The zero-order chi connectivity index (χ0) is 17.1. The molecule has 1 aromatic heterocycles. The van der Waals surface area contributed by atoms with Crippen molar-refractivity contribution in [3.63, 3.8) is 0 Å². The maximum atomic E-state index is 12.7. The fourth-order valence-electron chi connectivity index (χ4n) is 2.70. The molecule has 0 saturated heterocycles. The van der Waals surface area contributed by atoms with Gasteiger partial charge in [0.1, 0.15) is 5.69 Å². The molecule has 122 valence electrons. The van der Waals surface area contributed by atoms with Crippen LogP contribution in [0.3, 0.4) is 0 Å². The zero-order valence-corrected chi connectivity index (χ0v) is 14.3. The van der Waals surface area contributed by atoms with Gasteiger partial charge in [0.2, 0.25) is 0 Å². The maximum Gasteiger partial charge on any atom is 0.358 e. The van der Waals surface area contributed by atoms with Crippen LogP contribution in [0.2, 0.25) is 0 Å². The van der Waals surface area contributed by atoms with Gasteiger partial charge in [0.15, 0.2) is 8.15 Å². The molecule has 1 N–H and O–H groups in total. The van der Waals surface area contributed by atoms with Gasteiger partial charge in [-0.25, -0.2) is 4.79 Å². The van der Waals surface area contributed by atoms with Gasteiger partial charge >= 0.3 is 5.97 Å². The van der Waals surface area contributed by atoms with Gasteiger partial charge < -0.3 is 9.51 Å². The Balaban J connectivity index is 1.67. The van der Waals surface area contributed by atoms with Crippen molar-refractivity contribution in [2.75, 3.05) is 0 Å². The highest BCUT2D eigenvalue weighted by molar-refractivity contribution is 7.69. The number of para-hydroxylation sites is 1. The molecule has 3 aromatic carbocycles. The number of aromatic amines is 1. The van der Waals surface area contributed by atoms with E-state index in [9.17, 15) is 4.79 Å². The molecule has 0 radical (unpaired) electrons. The molecule has 0 bridgehead atoms. The highest BCUT2D eigenvalue weighted by Gasteiger charge is 2.21. The first-order valence-corrected chi connectivity index (χ1v) is 9.27. The summed E-state index contributed by atoms with van der Waals surface area (Å²) in [5, 5.41) is 3.01. The summed E-state index contributed by atoms with van der Waals surface area (Å²) in [5.74, 6) is -0.338. The van der Waals surface area contributed by atoms with Crippen molar-refractivity contribution < 1.29 is 9.32 Å². The average Bonchev–Trinajstić information content (AvgIpc) is 3.12. The number of hydrogen-bond donors (Lipinski definition) is 1. The van der Waals surface area contributed by atoms with E-state index in [4.69, 9.17) is 4.52 Å². The van der Waals surface area contributed by atoms with Crippen molar-refractivity contribution in [3.8, 4) is 0 Å². The molecule has 0 aliphatic rings. The lowest BCUT2D eigenvalue weighted by Gasteiger charge is -2.17. The van der Waals surface area contributed by atoms with Gasteiger partial charge in [0.05, 0.1) is 0 Å². The first kappa shape index (κ1) is 15.6. The third kappa shape index (κ3) is 3.33. The molecule has 4 heteroatoms. The average molecular weight is 345 g/mol. The molecule has 0 saturated carbocycles. The minimum atomic E-state index is -1.21. The molecular weight excluding hydrogens is 329 g/mol. The Kier molecular flexibility index (Phi) is 4.32. The number of aromatic nitrogens is 1. The third-order valence-electron chi connectivity index (χ3n) is 3.91. The van der Waals surface area contributed by atoms with Crippen molar-refractivity contribution in [3.05, 3.63) is 96.7 Å². The van der Waals surface area contributed by atoms with E-state index in [1.807, 2.05) is 91.0 Å². The number of H-pyrrole nitrogens is 1. The molecule has 3 nitrogen and oxygen atoms in total. The monoisotopic (exact) mass is 345 g/mol. The highest BCUT2D eigenvalue weighted by atomic mass is 31.1. The van der Waals surface area contributed by atoms with Gasteiger partial charge in [-0.05, 0) is 12.1 Å². The fraction of sp³-hybridized carbons (Fsp3) is 0. The number of carbonyl (C=O) groups is 1. The number of rotatable bonds is 4. The Labute approximate surface area is 147 Å². The van der Waals surface area contributed by atoms with Crippen LogP contribution < -0.4 is 10.6 Å². The number of nitrogens with one attached hydrogen (secondary N) is 1. The fourth-order valence-corrected chi connectivity index (χ4v) is 4.36. The van der Waals surface area contributed by atoms with Crippen molar-refractivity contribution in [2.24, 2.45) is 0 Å². The van der Waals surface area contributed by atoms with Crippen LogP contribution in [-0.2, 0) is 4.52 Å². The number of benzene rings is 3. The van der Waals surface area contributed by atoms with E-state index in [-0.39, 0.29) is 5.97 Å². The first-order valence-electron chi connectivity index (χ1n) is 8.01. The molecule has 4 rings (SSSR count). The van der Waals surface area contributed by atoms with Crippen LogP contribution in [0.5, 0.6) is 0 Å². The Morgan fingerprint density at radius 3 is 1.92 bits per heavy atom. The summed E-state index contributed by atoms with van der Waals surface area (Å²) >= 11 is 0. The Morgan fingerprint density at radius 1 is 0.760 bits per heavy atom. The van der Waals surface area contributed by atoms with Gasteiger partial charge in [0, 0.05) is 21.5 Å². The second-order valence-electron chi connectivity index (χ2n) is 5.61. The summed E-state index contributed by atoms with van der Waals surface area (Å²) in [6, 6.07) is 29.4. The van der Waals surface area contributed by atoms with Crippen LogP contribution >= 0.6 is 8.15 Å². The molecule has 0 amide bonds. The minimum absolute atomic E-state index is 0.338. The van der Waals surface area contributed by atoms with Crippen LogP contribution in [0.25, 0.3) is 10.9 Å². The molecule has 0 atom stereocenters. The lowest BCUT2D eigenvalue weighted by atomic mass is 10.2. The predicted octanol–water partition coefficient (Wildman–Crippen LogP) is 4.37. The minimum Gasteiger partial charge on any atom is -0.430 e. The highest BCUT2D eigenvalue weighted by Crippen LogP contribution is 2.36. The molecule has 0 aliphatic heterocycles. The van der Waals surface area contributed by atoms with Crippen LogP contribution in [0.4, 0.5) is 0 Å². The van der Waals surface area contributed by atoms with Crippen molar-refractivity contribution >= 4 is 35.6 Å². The quantitative estimate of drug-likeness (QED) is 0.558. The van der Waals surface area contributed by atoms with Gasteiger partial charge in [-0.1, -0.05) is 78.9 Å². The normalized spacial score (nSPS) is 10.9.